The summed E-state index contributed by atoms with van der Waals surface area (Å²) in [6.07, 6.45) is 1.76. The Morgan fingerprint density at radius 3 is 3.06 bits per heavy atom. The molecule has 1 atom stereocenters. The normalized spacial score (nSPS) is 19.8. The molecule has 1 saturated heterocycles. The highest BCUT2D eigenvalue weighted by molar-refractivity contribution is 6.29. The van der Waals surface area contributed by atoms with Crippen LogP contribution >= 0.6 is 11.6 Å². The largest absolute Gasteiger partial charge is 0.353 e. The number of halogens is 1. The number of nitrogens with zero attached hydrogens (tertiary/aromatic N) is 3. The Bertz CT molecular complexity index is 452. The van der Waals surface area contributed by atoms with Crippen LogP contribution in [-0.4, -0.2) is 35.0 Å². The Morgan fingerprint density at radius 2 is 2.33 bits per heavy atom. The predicted molar refractivity (Wildman–Crippen MR) is 70.9 cm³/mol. The van der Waals surface area contributed by atoms with Gasteiger partial charge in [-0.05, 0) is 13.3 Å². The summed E-state index contributed by atoms with van der Waals surface area (Å²) in [5.74, 6) is 1.49. The predicted octanol–water partition coefficient (Wildman–Crippen LogP) is 1.41. The zero-order valence-electron chi connectivity index (χ0n) is 10.6. The second-order valence-electron chi connectivity index (χ2n) is 4.38. The van der Waals surface area contributed by atoms with Crippen LogP contribution in [-0.2, 0) is 11.2 Å². The summed E-state index contributed by atoms with van der Waals surface area (Å²) >= 11 is 6.01. The maximum Gasteiger partial charge on any atom is 0.242 e. The second-order valence-corrected chi connectivity index (χ2v) is 4.76. The van der Waals surface area contributed by atoms with Crippen LogP contribution in [0.5, 0.6) is 0 Å². The number of piperazine rings is 1. The molecule has 1 aromatic heterocycles. The third kappa shape index (κ3) is 2.72. The molecule has 98 valence electrons. The monoisotopic (exact) mass is 268 g/mol. The molecule has 1 aliphatic rings. The van der Waals surface area contributed by atoms with Gasteiger partial charge in [-0.15, -0.1) is 0 Å². The van der Waals surface area contributed by atoms with Crippen LogP contribution in [0.4, 0.5) is 5.82 Å². The van der Waals surface area contributed by atoms with E-state index in [1.54, 1.807) is 6.07 Å². The van der Waals surface area contributed by atoms with E-state index in [4.69, 9.17) is 11.6 Å². The lowest BCUT2D eigenvalue weighted by molar-refractivity contribution is -0.122. The fourth-order valence-corrected chi connectivity index (χ4v) is 2.22. The molecule has 6 heteroatoms. The van der Waals surface area contributed by atoms with Crippen LogP contribution in [0.1, 0.15) is 26.1 Å². The lowest BCUT2D eigenvalue weighted by Gasteiger charge is -2.33. The van der Waals surface area contributed by atoms with Crippen molar-refractivity contribution in [3.8, 4) is 0 Å². The Balaban J connectivity index is 2.28. The van der Waals surface area contributed by atoms with E-state index >= 15 is 0 Å². The van der Waals surface area contributed by atoms with E-state index in [9.17, 15) is 4.79 Å². The van der Waals surface area contributed by atoms with Crippen molar-refractivity contribution < 1.29 is 4.79 Å². The number of rotatable bonds is 3. The Morgan fingerprint density at radius 1 is 1.56 bits per heavy atom. The average molecular weight is 269 g/mol. The first-order valence-corrected chi connectivity index (χ1v) is 6.57. The Hall–Kier alpha value is -1.36. The lowest BCUT2D eigenvalue weighted by Crippen LogP contribution is -2.54. The van der Waals surface area contributed by atoms with Gasteiger partial charge in [0.1, 0.15) is 22.8 Å². The van der Waals surface area contributed by atoms with Gasteiger partial charge in [-0.1, -0.05) is 18.5 Å². The van der Waals surface area contributed by atoms with Gasteiger partial charge in [-0.25, -0.2) is 9.97 Å². The van der Waals surface area contributed by atoms with E-state index in [-0.39, 0.29) is 11.9 Å². The number of aryl methyl sites for hydroxylation is 1. The van der Waals surface area contributed by atoms with E-state index in [0.717, 1.165) is 31.0 Å². The Labute approximate surface area is 112 Å². The molecular weight excluding hydrogens is 252 g/mol. The molecule has 0 aliphatic carbocycles. The molecule has 1 fully saturated rings. The van der Waals surface area contributed by atoms with Crippen molar-refractivity contribution in [1.29, 1.82) is 0 Å². The summed E-state index contributed by atoms with van der Waals surface area (Å²) in [5, 5.41) is 3.26. The van der Waals surface area contributed by atoms with Gasteiger partial charge in [0.2, 0.25) is 5.91 Å². The average Bonchev–Trinajstić information content (AvgIpc) is 2.32. The quantitative estimate of drug-likeness (QED) is 0.842. The van der Waals surface area contributed by atoms with Crippen molar-refractivity contribution in [3.63, 3.8) is 0 Å². The van der Waals surface area contributed by atoms with Crippen LogP contribution in [0.15, 0.2) is 6.07 Å². The molecule has 0 saturated carbocycles. The smallest absolute Gasteiger partial charge is 0.242 e. The molecule has 2 rings (SSSR count). The molecule has 1 amide bonds. The number of aromatic nitrogens is 2. The summed E-state index contributed by atoms with van der Waals surface area (Å²) in [6, 6.07) is 1.50. The molecule has 0 aromatic carbocycles. The van der Waals surface area contributed by atoms with E-state index in [1.807, 2.05) is 11.8 Å². The van der Waals surface area contributed by atoms with Gasteiger partial charge in [0.15, 0.2) is 0 Å². The van der Waals surface area contributed by atoms with E-state index < -0.39 is 0 Å². The summed E-state index contributed by atoms with van der Waals surface area (Å²) in [4.78, 5) is 22.3. The van der Waals surface area contributed by atoms with Crippen molar-refractivity contribution in [3.05, 3.63) is 17.0 Å². The molecule has 1 aromatic rings. The molecule has 2 heterocycles. The summed E-state index contributed by atoms with van der Waals surface area (Å²) in [6.45, 7) is 5.31. The minimum atomic E-state index is -0.223. The molecule has 0 spiro atoms. The lowest BCUT2D eigenvalue weighted by atomic mass is 10.2. The highest BCUT2D eigenvalue weighted by Crippen LogP contribution is 2.20. The van der Waals surface area contributed by atoms with E-state index in [1.165, 1.54) is 0 Å². The second kappa shape index (κ2) is 5.52. The molecule has 1 aliphatic heterocycles. The van der Waals surface area contributed by atoms with Crippen molar-refractivity contribution in [2.75, 3.05) is 18.0 Å². The van der Waals surface area contributed by atoms with Crippen molar-refractivity contribution >= 4 is 23.3 Å². The van der Waals surface area contributed by atoms with Crippen molar-refractivity contribution in [2.45, 2.75) is 32.7 Å². The number of carbonyl (C=O) groups is 1. The summed E-state index contributed by atoms with van der Waals surface area (Å²) < 4.78 is 0. The molecule has 1 N–H and O–H groups in total. The zero-order valence-corrected chi connectivity index (χ0v) is 11.4. The van der Waals surface area contributed by atoms with Gasteiger partial charge in [-0.3, -0.25) is 4.79 Å². The fourth-order valence-electron chi connectivity index (χ4n) is 2.03. The third-order valence-corrected chi connectivity index (χ3v) is 3.19. The number of anilines is 1. The van der Waals surface area contributed by atoms with Gasteiger partial charge in [0.25, 0.3) is 0 Å². The number of hydrogen-bond acceptors (Lipinski definition) is 4. The molecule has 0 bridgehead atoms. The van der Waals surface area contributed by atoms with Gasteiger partial charge in [0.05, 0.1) is 0 Å². The first-order valence-electron chi connectivity index (χ1n) is 6.19. The maximum atomic E-state index is 11.6. The van der Waals surface area contributed by atoms with E-state index in [2.05, 4.69) is 22.2 Å². The van der Waals surface area contributed by atoms with Crippen LogP contribution < -0.4 is 10.2 Å². The summed E-state index contributed by atoms with van der Waals surface area (Å²) in [5.41, 5.74) is 0. The Kier molecular flexibility index (Phi) is 4.01. The van der Waals surface area contributed by atoms with Crippen LogP contribution in [0, 0.1) is 0 Å². The molecule has 0 radical (unpaired) electrons. The first-order chi connectivity index (χ1) is 8.61. The van der Waals surface area contributed by atoms with Gasteiger partial charge in [0, 0.05) is 25.6 Å². The van der Waals surface area contributed by atoms with Crippen LogP contribution in [0.25, 0.3) is 0 Å². The molecule has 18 heavy (non-hydrogen) atoms. The van der Waals surface area contributed by atoms with Crippen LogP contribution in [0.2, 0.25) is 5.15 Å². The minimum absolute atomic E-state index is 0.0213. The highest BCUT2D eigenvalue weighted by atomic mass is 35.5. The van der Waals surface area contributed by atoms with Crippen LogP contribution in [0.3, 0.4) is 0 Å². The number of amides is 1. The first kappa shape index (κ1) is 13.1. The van der Waals surface area contributed by atoms with Gasteiger partial charge in [-0.2, -0.15) is 0 Å². The number of hydrogen-bond donors (Lipinski definition) is 1. The van der Waals surface area contributed by atoms with Crippen molar-refractivity contribution in [1.82, 2.24) is 15.3 Å². The molecule has 1 unspecified atom stereocenters. The molecule has 5 nitrogen and oxygen atoms in total. The minimum Gasteiger partial charge on any atom is -0.353 e. The third-order valence-electron chi connectivity index (χ3n) is 2.99. The van der Waals surface area contributed by atoms with E-state index in [0.29, 0.717) is 11.7 Å². The number of nitrogens with one attached hydrogen (secondary N) is 1. The van der Waals surface area contributed by atoms with Gasteiger partial charge >= 0.3 is 0 Å². The number of carbonyl (C=O) groups excluding carboxylic acids is 1. The SMILES string of the molecule is CCCc1nc(Cl)cc(N2CCNC(=O)C2C)n1. The molecular formula is C12H17ClN4O. The summed E-state index contributed by atoms with van der Waals surface area (Å²) in [7, 11) is 0. The van der Waals surface area contributed by atoms with Crippen molar-refractivity contribution in [2.24, 2.45) is 0 Å². The van der Waals surface area contributed by atoms with Gasteiger partial charge < -0.3 is 10.2 Å². The zero-order chi connectivity index (χ0) is 13.1. The standard InChI is InChI=1S/C12H17ClN4O/c1-3-4-10-15-9(13)7-11(16-10)17-6-5-14-12(18)8(17)2/h7-8H,3-6H2,1-2H3,(H,14,18). The maximum absolute atomic E-state index is 11.6. The fraction of sp³-hybridized carbons (Fsp3) is 0.583. The highest BCUT2D eigenvalue weighted by Gasteiger charge is 2.26. The topological polar surface area (TPSA) is 58.1 Å².